The maximum absolute atomic E-state index is 6.08. The molecule has 1 aromatic rings. The lowest BCUT2D eigenvalue weighted by molar-refractivity contribution is 0.289. The molecule has 0 aromatic carbocycles. The molecule has 0 bridgehead atoms. The van der Waals surface area contributed by atoms with Gasteiger partial charge in [-0.3, -0.25) is 0 Å². The normalized spacial score (nSPS) is 29.8. The first kappa shape index (κ1) is 11.9. The third-order valence-electron chi connectivity index (χ3n) is 3.54. The van der Waals surface area contributed by atoms with Crippen LogP contribution in [0.5, 0.6) is 0 Å². The number of hydrogen-bond acceptors (Lipinski definition) is 4. The van der Waals surface area contributed by atoms with Gasteiger partial charge in [-0.15, -0.1) is 12.4 Å². The van der Waals surface area contributed by atoms with Crippen molar-refractivity contribution >= 4 is 12.4 Å². The summed E-state index contributed by atoms with van der Waals surface area (Å²) >= 11 is 0. The van der Waals surface area contributed by atoms with Crippen LogP contribution in [-0.4, -0.2) is 16.2 Å². The van der Waals surface area contributed by atoms with E-state index in [1.54, 1.807) is 0 Å². The first-order chi connectivity index (χ1) is 7.34. The molecular weight excluding hydrogens is 226 g/mol. The molecule has 4 nitrogen and oxygen atoms in total. The Morgan fingerprint density at radius 2 is 1.88 bits per heavy atom. The number of rotatable bonds is 2. The van der Waals surface area contributed by atoms with Crippen molar-refractivity contribution in [3.05, 3.63) is 11.7 Å². The predicted octanol–water partition coefficient (Wildman–Crippen LogP) is 2.35. The fourth-order valence-electron chi connectivity index (χ4n) is 2.37. The maximum atomic E-state index is 6.08. The third-order valence-corrected chi connectivity index (χ3v) is 3.54. The highest BCUT2D eigenvalue weighted by molar-refractivity contribution is 5.85. The fraction of sp³-hybridized carbons (Fsp3) is 0.818. The molecule has 90 valence electrons. The van der Waals surface area contributed by atoms with Crippen LogP contribution in [0.3, 0.4) is 0 Å². The summed E-state index contributed by atoms with van der Waals surface area (Å²) in [5.41, 5.74) is 6.08. The molecule has 0 spiro atoms. The number of nitrogens with zero attached hydrogens (tertiary/aromatic N) is 2. The fourth-order valence-corrected chi connectivity index (χ4v) is 2.37. The Kier molecular flexibility index (Phi) is 3.50. The lowest BCUT2D eigenvalue weighted by Crippen LogP contribution is -2.31. The van der Waals surface area contributed by atoms with E-state index in [-0.39, 0.29) is 18.4 Å². The molecular formula is C11H18ClN3O. The van der Waals surface area contributed by atoms with Gasteiger partial charge in [0.05, 0.1) is 5.92 Å². The SMILES string of the molecule is Cl.NC1CCCCC1c1nc(C2CC2)no1. The van der Waals surface area contributed by atoms with E-state index in [1.807, 2.05) is 0 Å². The zero-order valence-corrected chi connectivity index (χ0v) is 10.1. The minimum absolute atomic E-state index is 0. The van der Waals surface area contributed by atoms with Crippen LogP contribution in [0.2, 0.25) is 0 Å². The number of aromatic nitrogens is 2. The second-order valence-corrected chi connectivity index (χ2v) is 4.82. The zero-order chi connectivity index (χ0) is 10.3. The van der Waals surface area contributed by atoms with Crippen molar-refractivity contribution in [2.24, 2.45) is 5.73 Å². The van der Waals surface area contributed by atoms with E-state index in [9.17, 15) is 0 Å². The molecule has 2 aliphatic carbocycles. The molecule has 2 atom stereocenters. The Hall–Kier alpha value is -0.610. The van der Waals surface area contributed by atoms with Gasteiger partial charge in [0, 0.05) is 12.0 Å². The molecule has 0 aliphatic heterocycles. The van der Waals surface area contributed by atoms with Crippen molar-refractivity contribution in [3.63, 3.8) is 0 Å². The van der Waals surface area contributed by atoms with Gasteiger partial charge in [0.25, 0.3) is 0 Å². The molecule has 2 unspecified atom stereocenters. The van der Waals surface area contributed by atoms with Crippen LogP contribution in [0.25, 0.3) is 0 Å². The standard InChI is InChI=1S/C11H17N3O.ClH/c12-9-4-2-1-3-8(9)11-13-10(14-15-11)7-5-6-7;/h7-9H,1-6,12H2;1H. The number of hydrogen-bond donors (Lipinski definition) is 1. The van der Waals surface area contributed by atoms with Crippen molar-refractivity contribution in [2.75, 3.05) is 0 Å². The summed E-state index contributed by atoms with van der Waals surface area (Å²) in [7, 11) is 0. The van der Waals surface area contributed by atoms with Crippen molar-refractivity contribution < 1.29 is 4.52 Å². The quantitative estimate of drug-likeness (QED) is 0.866. The van der Waals surface area contributed by atoms with Crippen LogP contribution in [0.1, 0.15) is 62.1 Å². The zero-order valence-electron chi connectivity index (χ0n) is 9.26. The monoisotopic (exact) mass is 243 g/mol. The van der Waals surface area contributed by atoms with Gasteiger partial charge < -0.3 is 10.3 Å². The lowest BCUT2D eigenvalue weighted by atomic mass is 9.85. The number of nitrogens with two attached hydrogens (primary N) is 1. The summed E-state index contributed by atoms with van der Waals surface area (Å²) < 4.78 is 5.33. The molecule has 5 heteroatoms. The van der Waals surface area contributed by atoms with Crippen LogP contribution in [0.15, 0.2) is 4.52 Å². The summed E-state index contributed by atoms with van der Waals surface area (Å²) in [5, 5.41) is 4.05. The molecule has 1 heterocycles. The topological polar surface area (TPSA) is 64.9 Å². The van der Waals surface area contributed by atoms with Gasteiger partial charge in [-0.05, 0) is 25.7 Å². The largest absolute Gasteiger partial charge is 0.339 e. The highest BCUT2D eigenvalue weighted by atomic mass is 35.5. The van der Waals surface area contributed by atoms with Crippen LogP contribution in [0.4, 0.5) is 0 Å². The van der Waals surface area contributed by atoms with Crippen LogP contribution < -0.4 is 5.73 Å². The highest BCUT2D eigenvalue weighted by Gasteiger charge is 2.32. The summed E-state index contributed by atoms with van der Waals surface area (Å²) in [6.45, 7) is 0. The van der Waals surface area contributed by atoms with E-state index in [0.29, 0.717) is 11.8 Å². The molecule has 0 radical (unpaired) electrons. The second kappa shape index (κ2) is 4.72. The summed E-state index contributed by atoms with van der Waals surface area (Å²) in [5.74, 6) is 2.56. The average Bonchev–Trinajstić information content (AvgIpc) is 2.99. The Labute approximate surface area is 101 Å². The molecule has 1 aromatic heterocycles. The van der Waals surface area contributed by atoms with Crippen LogP contribution in [-0.2, 0) is 0 Å². The van der Waals surface area contributed by atoms with Crippen molar-refractivity contribution in [1.29, 1.82) is 0 Å². The molecule has 2 fully saturated rings. The molecule has 2 N–H and O–H groups in total. The Morgan fingerprint density at radius 3 is 2.56 bits per heavy atom. The average molecular weight is 244 g/mol. The Morgan fingerprint density at radius 1 is 1.12 bits per heavy atom. The van der Waals surface area contributed by atoms with Gasteiger partial charge in [0.15, 0.2) is 5.82 Å². The summed E-state index contributed by atoms with van der Waals surface area (Å²) in [6.07, 6.45) is 7.10. The predicted molar refractivity (Wildman–Crippen MR) is 62.7 cm³/mol. The molecule has 16 heavy (non-hydrogen) atoms. The Balaban J connectivity index is 0.000000963. The highest BCUT2D eigenvalue weighted by Crippen LogP contribution is 2.39. The van der Waals surface area contributed by atoms with E-state index in [0.717, 1.165) is 24.6 Å². The molecule has 3 rings (SSSR count). The van der Waals surface area contributed by atoms with E-state index < -0.39 is 0 Å². The minimum Gasteiger partial charge on any atom is -0.339 e. The van der Waals surface area contributed by atoms with Crippen LogP contribution in [0, 0.1) is 0 Å². The minimum atomic E-state index is 0. The van der Waals surface area contributed by atoms with Crippen molar-refractivity contribution in [1.82, 2.24) is 10.1 Å². The maximum Gasteiger partial charge on any atom is 0.231 e. The van der Waals surface area contributed by atoms with E-state index in [1.165, 1.54) is 25.7 Å². The van der Waals surface area contributed by atoms with Gasteiger partial charge in [-0.25, -0.2) is 0 Å². The number of halogens is 1. The second-order valence-electron chi connectivity index (χ2n) is 4.82. The van der Waals surface area contributed by atoms with E-state index in [2.05, 4.69) is 10.1 Å². The first-order valence-electron chi connectivity index (χ1n) is 5.93. The van der Waals surface area contributed by atoms with Crippen LogP contribution >= 0.6 is 12.4 Å². The Bertz CT molecular complexity index is 351. The molecule has 2 aliphatic rings. The van der Waals surface area contributed by atoms with E-state index >= 15 is 0 Å². The van der Waals surface area contributed by atoms with E-state index in [4.69, 9.17) is 10.3 Å². The summed E-state index contributed by atoms with van der Waals surface area (Å²) in [6, 6.07) is 0.214. The molecule has 0 amide bonds. The van der Waals surface area contributed by atoms with Gasteiger partial charge in [0.2, 0.25) is 5.89 Å². The first-order valence-corrected chi connectivity index (χ1v) is 5.93. The van der Waals surface area contributed by atoms with Gasteiger partial charge >= 0.3 is 0 Å². The smallest absolute Gasteiger partial charge is 0.231 e. The van der Waals surface area contributed by atoms with Crippen molar-refractivity contribution in [3.8, 4) is 0 Å². The van der Waals surface area contributed by atoms with Gasteiger partial charge in [0.1, 0.15) is 0 Å². The molecule has 2 saturated carbocycles. The van der Waals surface area contributed by atoms with Gasteiger partial charge in [-0.1, -0.05) is 18.0 Å². The van der Waals surface area contributed by atoms with Crippen molar-refractivity contribution in [2.45, 2.75) is 56.4 Å². The third kappa shape index (κ3) is 2.23. The summed E-state index contributed by atoms with van der Waals surface area (Å²) in [4.78, 5) is 4.49. The molecule has 0 saturated heterocycles. The lowest BCUT2D eigenvalue weighted by Gasteiger charge is -2.25. The van der Waals surface area contributed by atoms with Gasteiger partial charge in [-0.2, -0.15) is 4.98 Å².